The molecule has 2 heterocycles. The Bertz CT molecular complexity index is 885. The predicted octanol–water partition coefficient (Wildman–Crippen LogP) is 3.08. The van der Waals surface area contributed by atoms with Gasteiger partial charge in [0.1, 0.15) is 11.5 Å². The van der Waals surface area contributed by atoms with E-state index >= 15 is 0 Å². The van der Waals surface area contributed by atoms with Crippen LogP contribution in [0.15, 0.2) is 53.1 Å². The van der Waals surface area contributed by atoms with E-state index in [2.05, 4.69) is 32.1 Å². The van der Waals surface area contributed by atoms with Crippen molar-refractivity contribution in [3.8, 4) is 23.0 Å². The third-order valence-electron chi connectivity index (χ3n) is 4.98. The SMILES string of the molecule is COc1ccc(-c2nc(CN3CCN(c4ccc(OC)cc4)CC3)no2)cc1. The number of hydrogen-bond donors (Lipinski definition) is 0. The first-order chi connectivity index (χ1) is 13.7. The Labute approximate surface area is 164 Å². The Morgan fingerprint density at radius 3 is 2.07 bits per heavy atom. The van der Waals surface area contributed by atoms with Gasteiger partial charge >= 0.3 is 0 Å². The van der Waals surface area contributed by atoms with E-state index in [1.54, 1.807) is 14.2 Å². The van der Waals surface area contributed by atoms with Crippen molar-refractivity contribution >= 4 is 5.69 Å². The normalized spacial score (nSPS) is 14.9. The Balaban J connectivity index is 1.32. The zero-order chi connectivity index (χ0) is 19.3. The van der Waals surface area contributed by atoms with E-state index in [1.807, 2.05) is 36.4 Å². The summed E-state index contributed by atoms with van der Waals surface area (Å²) in [5, 5.41) is 4.14. The van der Waals surface area contributed by atoms with Crippen LogP contribution in [-0.2, 0) is 6.54 Å². The Morgan fingerprint density at radius 1 is 0.857 bits per heavy atom. The molecule has 146 valence electrons. The van der Waals surface area contributed by atoms with Gasteiger partial charge in [-0.3, -0.25) is 4.90 Å². The summed E-state index contributed by atoms with van der Waals surface area (Å²) in [5.74, 6) is 2.93. The molecule has 0 N–H and O–H groups in total. The number of hydrogen-bond acceptors (Lipinski definition) is 7. The van der Waals surface area contributed by atoms with E-state index in [-0.39, 0.29) is 0 Å². The maximum atomic E-state index is 5.43. The highest BCUT2D eigenvalue weighted by Gasteiger charge is 2.19. The van der Waals surface area contributed by atoms with E-state index in [0.29, 0.717) is 18.3 Å². The zero-order valence-electron chi connectivity index (χ0n) is 16.2. The van der Waals surface area contributed by atoms with Gasteiger partial charge in [0.25, 0.3) is 5.89 Å². The van der Waals surface area contributed by atoms with Crippen molar-refractivity contribution in [1.82, 2.24) is 15.0 Å². The standard InChI is InChI=1S/C21H24N4O3/c1-26-18-7-3-16(4-8-18)21-22-20(23-28-21)15-24-11-13-25(14-12-24)17-5-9-19(27-2)10-6-17/h3-10H,11-15H2,1-2H3. The molecule has 0 atom stereocenters. The van der Waals surface area contributed by atoms with E-state index in [9.17, 15) is 0 Å². The molecule has 1 aliphatic heterocycles. The van der Waals surface area contributed by atoms with Gasteiger partial charge in [-0.1, -0.05) is 5.16 Å². The topological polar surface area (TPSA) is 63.9 Å². The first-order valence-corrected chi connectivity index (χ1v) is 9.33. The molecule has 7 heteroatoms. The van der Waals surface area contributed by atoms with Crippen molar-refractivity contribution in [2.24, 2.45) is 0 Å². The second kappa shape index (κ2) is 8.31. The van der Waals surface area contributed by atoms with E-state index in [0.717, 1.165) is 43.2 Å². The summed E-state index contributed by atoms with van der Waals surface area (Å²) < 4.78 is 15.8. The number of aromatic nitrogens is 2. The van der Waals surface area contributed by atoms with Crippen LogP contribution in [-0.4, -0.2) is 55.4 Å². The maximum absolute atomic E-state index is 5.43. The molecular formula is C21H24N4O3. The lowest BCUT2D eigenvalue weighted by molar-refractivity contribution is 0.240. The molecule has 0 unspecified atom stereocenters. The van der Waals surface area contributed by atoms with Crippen LogP contribution in [0.25, 0.3) is 11.5 Å². The smallest absolute Gasteiger partial charge is 0.257 e. The Kier molecular flexibility index (Phi) is 5.43. The number of rotatable bonds is 6. The molecular weight excluding hydrogens is 356 g/mol. The molecule has 1 aliphatic rings. The summed E-state index contributed by atoms with van der Waals surface area (Å²) in [6.45, 7) is 4.54. The first-order valence-electron chi connectivity index (χ1n) is 9.33. The molecule has 1 saturated heterocycles. The van der Waals surface area contributed by atoms with Gasteiger partial charge in [-0.05, 0) is 48.5 Å². The molecule has 1 aromatic heterocycles. The van der Waals surface area contributed by atoms with Gasteiger partial charge < -0.3 is 18.9 Å². The number of benzene rings is 2. The van der Waals surface area contributed by atoms with Gasteiger partial charge in [-0.2, -0.15) is 4.98 Å². The van der Waals surface area contributed by atoms with Crippen LogP contribution in [0, 0.1) is 0 Å². The number of piperazine rings is 1. The van der Waals surface area contributed by atoms with E-state index in [1.165, 1.54) is 5.69 Å². The number of methoxy groups -OCH3 is 2. The third-order valence-corrected chi connectivity index (χ3v) is 4.98. The van der Waals surface area contributed by atoms with Gasteiger partial charge in [0, 0.05) is 37.4 Å². The predicted molar refractivity (Wildman–Crippen MR) is 107 cm³/mol. The van der Waals surface area contributed by atoms with Gasteiger partial charge in [0.2, 0.25) is 0 Å². The Hall–Kier alpha value is -3.06. The quantitative estimate of drug-likeness (QED) is 0.651. The van der Waals surface area contributed by atoms with Crippen molar-refractivity contribution in [2.45, 2.75) is 6.54 Å². The average Bonchev–Trinajstić information content (AvgIpc) is 3.23. The molecule has 1 fully saturated rings. The highest BCUT2D eigenvalue weighted by molar-refractivity contribution is 5.54. The van der Waals surface area contributed by atoms with Crippen LogP contribution in [0.3, 0.4) is 0 Å². The molecule has 0 spiro atoms. The molecule has 0 amide bonds. The summed E-state index contributed by atoms with van der Waals surface area (Å²) in [6.07, 6.45) is 0. The Morgan fingerprint density at radius 2 is 1.46 bits per heavy atom. The van der Waals surface area contributed by atoms with E-state index < -0.39 is 0 Å². The number of ether oxygens (including phenoxy) is 2. The van der Waals surface area contributed by atoms with Crippen molar-refractivity contribution < 1.29 is 14.0 Å². The van der Waals surface area contributed by atoms with Gasteiger partial charge in [-0.25, -0.2) is 0 Å². The molecule has 4 rings (SSSR count). The van der Waals surface area contributed by atoms with Crippen LogP contribution < -0.4 is 14.4 Å². The van der Waals surface area contributed by atoms with Crippen LogP contribution in [0.2, 0.25) is 0 Å². The molecule has 3 aromatic rings. The zero-order valence-corrected chi connectivity index (χ0v) is 16.2. The lowest BCUT2D eigenvalue weighted by Gasteiger charge is -2.35. The second-order valence-corrected chi connectivity index (χ2v) is 6.71. The third kappa shape index (κ3) is 4.09. The van der Waals surface area contributed by atoms with Gasteiger partial charge in [-0.15, -0.1) is 0 Å². The average molecular weight is 380 g/mol. The lowest BCUT2D eigenvalue weighted by Crippen LogP contribution is -2.46. The van der Waals surface area contributed by atoms with Crippen molar-refractivity contribution in [1.29, 1.82) is 0 Å². The minimum atomic E-state index is 0.537. The highest BCUT2D eigenvalue weighted by atomic mass is 16.5. The summed E-state index contributed by atoms with van der Waals surface area (Å²) in [7, 11) is 3.33. The van der Waals surface area contributed by atoms with Crippen LogP contribution >= 0.6 is 0 Å². The van der Waals surface area contributed by atoms with Gasteiger partial charge in [0.05, 0.1) is 20.8 Å². The van der Waals surface area contributed by atoms with Crippen molar-refractivity contribution in [3.63, 3.8) is 0 Å². The lowest BCUT2D eigenvalue weighted by atomic mass is 10.2. The minimum Gasteiger partial charge on any atom is -0.497 e. The fourth-order valence-corrected chi connectivity index (χ4v) is 3.33. The summed E-state index contributed by atoms with van der Waals surface area (Å²) >= 11 is 0. The molecule has 0 radical (unpaired) electrons. The molecule has 0 bridgehead atoms. The van der Waals surface area contributed by atoms with Crippen LogP contribution in [0.4, 0.5) is 5.69 Å². The first kappa shape index (κ1) is 18.3. The fourth-order valence-electron chi connectivity index (χ4n) is 3.33. The molecule has 2 aromatic carbocycles. The number of anilines is 1. The minimum absolute atomic E-state index is 0.537. The maximum Gasteiger partial charge on any atom is 0.257 e. The second-order valence-electron chi connectivity index (χ2n) is 6.71. The van der Waals surface area contributed by atoms with Crippen LogP contribution in [0.5, 0.6) is 11.5 Å². The molecule has 0 aliphatic carbocycles. The van der Waals surface area contributed by atoms with Crippen LogP contribution in [0.1, 0.15) is 5.82 Å². The van der Waals surface area contributed by atoms with Crippen molar-refractivity contribution in [3.05, 3.63) is 54.4 Å². The summed E-state index contributed by atoms with van der Waals surface area (Å²) in [5.41, 5.74) is 2.12. The largest absolute Gasteiger partial charge is 0.497 e. The van der Waals surface area contributed by atoms with E-state index in [4.69, 9.17) is 14.0 Å². The molecule has 28 heavy (non-hydrogen) atoms. The molecule has 0 saturated carbocycles. The monoisotopic (exact) mass is 380 g/mol. The summed E-state index contributed by atoms with van der Waals surface area (Å²) in [6, 6.07) is 15.8. The highest BCUT2D eigenvalue weighted by Crippen LogP contribution is 2.22. The molecule has 7 nitrogen and oxygen atoms in total. The summed E-state index contributed by atoms with van der Waals surface area (Å²) in [4.78, 5) is 9.27. The number of nitrogens with zero attached hydrogens (tertiary/aromatic N) is 4. The van der Waals surface area contributed by atoms with Gasteiger partial charge in [0.15, 0.2) is 5.82 Å². The fraction of sp³-hybridized carbons (Fsp3) is 0.333. The van der Waals surface area contributed by atoms with Crippen molar-refractivity contribution in [2.75, 3.05) is 45.3 Å².